The first kappa shape index (κ1) is 9.21. The lowest BCUT2D eigenvalue weighted by Crippen LogP contribution is -2.22. The molecule has 1 aliphatic heterocycles. The van der Waals surface area contributed by atoms with E-state index in [2.05, 4.69) is 40.5 Å². The molecule has 0 amide bonds. The summed E-state index contributed by atoms with van der Waals surface area (Å²) in [5.74, 6) is 0. The fraction of sp³-hybridized carbons (Fsp3) is 0.364. The zero-order chi connectivity index (χ0) is 9.97. The van der Waals surface area contributed by atoms with Gasteiger partial charge in [-0.2, -0.15) is 0 Å². The molecule has 14 heavy (non-hydrogen) atoms. The van der Waals surface area contributed by atoms with Crippen LogP contribution in [0.4, 0.5) is 5.69 Å². The number of rotatable bonds is 2. The van der Waals surface area contributed by atoms with Crippen molar-refractivity contribution in [1.29, 1.82) is 0 Å². The summed E-state index contributed by atoms with van der Waals surface area (Å²) in [4.78, 5) is 6.43. The highest BCUT2D eigenvalue weighted by molar-refractivity contribution is 5.89. The molecule has 0 saturated carbocycles. The van der Waals surface area contributed by atoms with Gasteiger partial charge in [-0.3, -0.25) is 4.99 Å². The molecule has 0 aliphatic carbocycles. The van der Waals surface area contributed by atoms with Crippen molar-refractivity contribution in [1.82, 2.24) is 5.32 Å². The third kappa shape index (κ3) is 1.63. The summed E-state index contributed by atoms with van der Waals surface area (Å²) in [5.41, 5.74) is 3.78. The van der Waals surface area contributed by atoms with Crippen LogP contribution in [-0.2, 0) is 6.54 Å². The molecule has 3 heteroatoms. The van der Waals surface area contributed by atoms with Gasteiger partial charge in [-0.05, 0) is 24.7 Å². The molecule has 1 heterocycles. The first-order chi connectivity index (χ1) is 6.81. The minimum Gasteiger partial charge on any atom is -0.355 e. The van der Waals surface area contributed by atoms with Crippen LogP contribution in [0.2, 0.25) is 0 Å². The molecule has 1 N–H and O–H groups in total. The molecule has 0 spiro atoms. The van der Waals surface area contributed by atoms with Crippen LogP contribution in [0, 0.1) is 0 Å². The minimum absolute atomic E-state index is 0.762. The Morgan fingerprint density at radius 2 is 2.36 bits per heavy atom. The summed E-state index contributed by atoms with van der Waals surface area (Å²) in [7, 11) is 4.02. The summed E-state index contributed by atoms with van der Waals surface area (Å²) >= 11 is 0. The number of hydrogen-bond acceptors (Lipinski definition) is 3. The molecule has 2 rings (SSSR count). The Morgan fingerprint density at radius 3 is 3.14 bits per heavy atom. The van der Waals surface area contributed by atoms with Gasteiger partial charge in [0, 0.05) is 31.1 Å². The van der Waals surface area contributed by atoms with Crippen molar-refractivity contribution in [2.24, 2.45) is 4.99 Å². The summed E-state index contributed by atoms with van der Waals surface area (Å²) in [6, 6.07) is 6.50. The highest BCUT2D eigenvalue weighted by Gasteiger charge is 2.09. The van der Waals surface area contributed by atoms with Crippen molar-refractivity contribution < 1.29 is 0 Å². The highest BCUT2D eigenvalue weighted by atomic mass is 15.2. The summed E-state index contributed by atoms with van der Waals surface area (Å²) in [6.07, 6.45) is 1.95. The van der Waals surface area contributed by atoms with Gasteiger partial charge in [0.15, 0.2) is 0 Å². The second-order valence-electron chi connectivity index (χ2n) is 3.57. The summed E-state index contributed by atoms with van der Waals surface area (Å²) in [5, 5.41) is 3.14. The van der Waals surface area contributed by atoms with E-state index in [0.29, 0.717) is 0 Å². The van der Waals surface area contributed by atoms with Gasteiger partial charge in [0.2, 0.25) is 0 Å². The third-order valence-electron chi connectivity index (χ3n) is 2.41. The van der Waals surface area contributed by atoms with Crippen LogP contribution in [0.5, 0.6) is 0 Å². The van der Waals surface area contributed by atoms with E-state index in [1.807, 2.05) is 13.3 Å². The molecule has 1 aliphatic rings. The van der Waals surface area contributed by atoms with Gasteiger partial charge >= 0.3 is 0 Å². The fourth-order valence-electron chi connectivity index (χ4n) is 1.71. The second kappa shape index (κ2) is 3.80. The standard InChI is InChI=1S/C11H15N3/c1-12-6-9-3-4-11-10(5-9)7-13-8-14(11)2/h3-5,7,12H,6,8H2,1-2H3. The van der Waals surface area contributed by atoms with E-state index < -0.39 is 0 Å². The van der Waals surface area contributed by atoms with Crippen LogP contribution >= 0.6 is 0 Å². The first-order valence-corrected chi connectivity index (χ1v) is 4.80. The van der Waals surface area contributed by atoms with Crippen molar-refractivity contribution in [2.75, 3.05) is 25.7 Å². The monoisotopic (exact) mass is 189 g/mol. The van der Waals surface area contributed by atoms with Gasteiger partial charge in [-0.25, -0.2) is 0 Å². The van der Waals surface area contributed by atoms with Crippen LogP contribution < -0.4 is 10.2 Å². The smallest absolute Gasteiger partial charge is 0.109 e. The first-order valence-electron chi connectivity index (χ1n) is 4.80. The average molecular weight is 189 g/mol. The zero-order valence-corrected chi connectivity index (χ0v) is 8.62. The predicted octanol–water partition coefficient (Wildman–Crippen LogP) is 1.23. The van der Waals surface area contributed by atoms with Crippen molar-refractivity contribution >= 4 is 11.9 Å². The third-order valence-corrected chi connectivity index (χ3v) is 2.41. The number of nitrogens with zero attached hydrogens (tertiary/aromatic N) is 2. The van der Waals surface area contributed by atoms with E-state index in [4.69, 9.17) is 0 Å². The molecule has 0 saturated heterocycles. The zero-order valence-electron chi connectivity index (χ0n) is 8.62. The number of nitrogens with one attached hydrogen (secondary N) is 1. The van der Waals surface area contributed by atoms with Crippen LogP contribution in [0.15, 0.2) is 23.2 Å². The minimum atomic E-state index is 0.762. The summed E-state index contributed by atoms with van der Waals surface area (Å²) in [6.45, 7) is 1.67. The highest BCUT2D eigenvalue weighted by Crippen LogP contribution is 2.22. The maximum absolute atomic E-state index is 4.28. The summed E-state index contributed by atoms with van der Waals surface area (Å²) < 4.78 is 0. The number of aliphatic imine (C=N–C) groups is 1. The van der Waals surface area contributed by atoms with E-state index in [9.17, 15) is 0 Å². The lowest BCUT2D eigenvalue weighted by atomic mass is 10.1. The SMILES string of the molecule is CNCc1ccc2c(c1)C=NCN2C. The predicted molar refractivity (Wildman–Crippen MR) is 60.1 cm³/mol. The molecule has 0 unspecified atom stereocenters. The number of anilines is 1. The Morgan fingerprint density at radius 1 is 1.50 bits per heavy atom. The van der Waals surface area contributed by atoms with Gasteiger partial charge in [0.25, 0.3) is 0 Å². The number of hydrogen-bond donors (Lipinski definition) is 1. The molecule has 0 fully saturated rings. The molecular formula is C11H15N3. The topological polar surface area (TPSA) is 27.6 Å². The molecular weight excluding hydrogens is 174 g/mol. The van der Waals surface area contributed by atoms with Crippen molar-refractivity contribution in [3.05, 3.63) is 29.3 Å². The molecule has 1 aromatic rings. The Bertz CT molecular complexity index is 358. The second-order valence-corrected chi connectivity index (χ2v) is 3.57. The number of benzene rings is 1. The van der Waals surface area contributed by atoms with Gasteiger partial charge in [0.1, 0.15) is 6.67 Å². The van der Waals surface area contributed by atoms with Crippen molar-refractivity contribution in [3.63, 3.8) is 0 Å². The Hall–Kier alpha value is -1.35. The van der Waals surface area contributed by atoms with Crippen molar-refractivity contribution in [2.45, 2.75) is 6.54 Å². The van der Waals surface area contributed by atoms with E-state index in [1.54, 1.807) is 0 Å². The molecule has 0 radical (unpaired) electrons. The molecule has 0 aromatic heterocycles. The van der Waals surface area contributed by atoms with E-state index in [0.717, 1.165) is 13.2 Å². The van der Waals surface area contributed by atoms with E-state index >= 15 is 0 Å². The van der Waals surface area contributed by atoms with E-state index in [1.165, 1.54) is 16.8 Å². The van der Waals surface area contributed by atoms with Gasteiger partial charge in [-0.15, -0.1) is 0 Å². The average Bonchev–Trinajstić information content (AvgIpc) is 2.18. The van der Waals surface area contributed by atoms with Crippen LogP contribution in [-0.4, -0.2) is 27.0 Å². The molecule has 1 aromatic carbocycles. The molecule has 0 bridgehead atoms. The lowest BCUT2D eigenvalue weighted by Gasteiger charge is -2.23. The van der Waals surface area contributed by atoms with Crippen molar-refractivity contribution in [3.8, 4) is 0 Å². The quantitative estimate of drug-likeness (QED) is 0.757. The van der Waals surface area contributed by atoms with Gasteiger partial charge in [0.05, 0.1) is 0 Å². The van der Waals surface area contributed by atoms with E-state index in [-0.39, 0.29) is 0 Å². The Labute approximate surface area is 84.5 Å². The Kier molecular flexibility index (Phi) is 2.50. The van der Waals surface area contributed by atoms with Crippen LogP contribution in [0.3, 0.4) is 0 Å². The normalized spacial score (nSPS) is 14.3. The van der Waals surface area contributed by atoms with Gasteiger partial charge < -0.3 is 10.2 Å². The molecule has 3 nitrogen and oxygen atoms in total. The number of fused-ring (bicyclic) bond motifs is 1. The molecule has 74 valence electrons. The Balaban J connectivity index is 2.35. The maximum atomic E-state index is 4.28. The lowest BCUT2D eigenvalue weighted by molar-refractivity contribution is 0.816. The largest absolute Gasteiger partial charge is 0.355 e. The van der Waals surface area contributed by atoms with Crippen LogP contribution in [0.25, 0.3) is 0 Å². The molecule has 0 atom stereocenters. The van der Waals surface area contributed by atoms with Crippen LogP contribution in [0.1, 0.15) is 11.1 Å². The van der Waals surface area contributed by atoms with Gasteiger partial charge in [-0.1, -0.05) is 6.07 Å². The maximum Gasteiger partial charge on any atom is 0.109 e. The fourth-order valence-corrected chi connectivity index (χ4v) is 1.71.